The first-order chi connectivity index (χ1) is 11.9. The lowest BCUT2D eigenvalue weighted by Gasteiger charge is -2.17. The molecule has 0 saturated heterocycles. The van der Waals surface area contributed by atoms with Gasteiger partial charge in [0.15, 0.2) is 0 Å². The van der Waals surface area contributed by atoms with Gasteiger partial charge in [-0.1, -0.05) is 24.3 Å². The number of primary sulfonamides is 1. The van der Waals surface area contributed by atoms with Crippen LogP contribution in [0.25, 0.3) is 0 Å². The SMILES string of the molecule is NS(=O)(=O)c1ccc(N/N=C2/CSCc3ccccc32)c([N+](=O)[O-])c1. The Balaban J connectivity index is 1.95. The molecule has 1 aliphatic rings. The lowest BCUT2D eigenvalue weighted by molar-refractivity contribution is -0.384. The number of hydrazone groups is 1. The summed E-state index contributed by atoms with van der Waals surface area (Å²) in [6, 6.07) is 11.2. The number of anilines is 1. The summed E-state index contributed by atoms with van der Waals surface area (Å²) in [5.74, 6) is 1.56. The predicted octanol–water partition coefficient (Wildman–Crippen LogP) is 2.31. The highest BCUT2D eigenvalue weighted by atomic mass is 32.2. The second kappa shape index (κ2) is 6.82. The van der Waals surface area contributed by atoms with Crippen LogP contribution in [0.2, 0.25) is 0 Å². The first-order valence-corrected chi connectivity index (χ1v) is 9.86. The molecule has 3 rings (SSSR count). The van der Waals surface area contributed by atoms with Gasteiger partial charge in [-0.3, -0.25) is 15.5 Å². The van der Waals surface area contributed by atoms with Gasteiger partial charge in [0, 0.05) is 23.1 Å². The van der Waals surface area contributed by atoms with E-state index in [-0.39, 0.29) is 10.6 Å². The van der Waals surface area contributed by atoms with Gasteiger partial charge in [-0.25, -0.2) is 13.6 Å². The molecule has 3 N–H and O–H groups in total. The maximum absolute atomic E-state index is 11.4. The van der Waals surface area contributed by atoms with E-state index in [4.69, 9.17) is 5.14 Å². The third kappa shape index (κ3) is 3.81. The molecule has 0 spiro atoms. The van der Waals surface area contributed by atoms with Crippen LogP contribution in [0.15, 0.2) is 52.5 Å². The number of hydrogen-bond acceptors (Lipinski definition) is 7. The van der Waals surface area contributed by atoms with Gasteiger partial charge in [-0.15, -0.1) is 0 Å². The van der Waals surface area contributed by atoms with E-state index >= 15 is 0 Å². The minimum atomic E-state index is -4.02. The summed E-state index contributed by atoms with van der Waals surface area (Å²) >= 11 is 1.70. The molecule has 0 fully saturated rings. The fourth-order valence-electron chi connectivity index (χ4n) is 2.42. The Morgan fingerprint density at radius 2 is 1.96 bits per heavy atom. The number of nitrogens with zero attached hydrogens (tertiary/aromatic N) is 2. The number of nitrogens with two attached hydrogens (primary N) is 1. The average molecular weight is 378 g/mol. The van der Waals surface area contributed by atoms with Crippen molar-refractivity contribution in [3.05, 3.63) is 63.7 Å². The Labute approximate surface area is 148 Å². The van der Waals surface area contributed by atoms with E-state index in [9.17, 15) is 18.5 Å². The van der Waals surface area contributed by atoms with Crippen molar-refractivity contribution in [1.82, 2.24) is 0 Å². The van der Waals surface area contributed by atoms with Crippen LogP contribution < -0.4 is 10.6 Å². The van der Waals surface area contributed by atoms with E-state index < -0.39 is 20.6 Å². The highest BCUT2D eigenvalue weighted by Gasteiger charge is 2.20. The Kier molecular flexibility index (Phi) is 4.75. The van der Waals surface area contributed by atoms with Crippen molar-refractivity contribution in [3.8, 4) is 0 Å². The van der Waals surface area contributed by atoms with Crippen LogP contribution in [0.5, 0.6) is 0 Å². The van der Waals surface area contributed by atoms with Gasteiger partial charge < -0.3 is 0 Å². The van der Waals surface area contributed by atoms with Crippen molar-refractivity contribution >= 4 is 38.9 Å². The van der Waals surface area contributed by atoms with E-state index in [1.165, 1.54) is 12.1 Å². The molecule has 0 amide bonds. The molecule has 8 nitrogen and oxygen atoms in total. The van der Waals surface area contributed by atoms with Crippen LogP contribution in [-0.4, -0.2) is 24.8 Å². The van der Waals surface area contributed by atoms with E-state index in [0.29, 0.717) is 5.75 Å². The molecule has 1 aliphatic heterocycles. The molecule has 0 atom stereocenters. The number of rotatable bonds is 4. The Morgan fingerprint density at radius 3 is 2.68 bits per heavy atom. The van der Waals surface area contributed by atoms with Crippen LogP contribution in [0.4, 0.5) is 11.4 Å². The highest BCUT2D eigenvalue weighted by molar-refractivity contribution is 7.99. The topological polar surface area (TPSA) is 128 Å². The molecule has 0 bridgehead atoms. The van der Waals surface area contributed by atoms with Crippen molar-refractivity contribution in [2.24, 2.45) is 10.2 Å². The van der Waals surface area contributed by atoms with Crippen molar-refractivity contribution in [1.29, 1.82) is 0 Å². The summed E-state index contributed by atoms with van der Waals surface area (Å²) in [5, 5.41) is 20.5. The van der Waals surface area contributed by atoms with E-state index in [1.807, 2.05) is 24.3 Å². The molecule has 2 aromatic carbocycles. The van der Waals surface area contributed by atoms with Crippen LogP contribution in [0.1, 0.15) is 11.1 Å². The summed E-state index contributed by atoms with van der Waals surface area (Å²) in [6.45, 7) is 0. The predicted molar refractivity (Wildman–Crippen MR) is 97.2 cm³/mol. The van der Waals surface area contributed by atoms with Gasteiger partial charge in [0.05, 0.1) is 15.5 Å². The van der Waals surface area contributed by atoms with Crippen LogP contribution in [-0.2, 0) is 15.8 Å². The Bertz CT molecular complexity index is 973. The van der Waals surface area contributed by atoms with Gasteiger partial charge in [0.2, 0.25) is 10.0 Å². The molecular weight excluding hydrogens is 364 g/mol. The zero-order valence-electron chi connectivity index (χ0n) is 12.9. The normalized spacial score (nSPS) is 15.6. The molecule has 130 valence electrons. The number of nitro benzene ring substituents is 1. The maximum Gasteiger partial charge on any atom is 0.295 e. The average Bonchev–Trinajstić information content (AvgIpc) is 2.58. The number of sulfonamides is 1. The first-order valence-electron chi connectivity index (χ1n) is 7.16. The van der Waals surface area contributed by atoms with E-state index in [0.717, 1.165) is 28.7 Å². The summed E-state index contributed by atoms with van der Waals surface area (Å²) in [6.07, 6.45) is 0. The number of thioether (sulfide) groups is 1. The van der Waals surface area contributed by atoms with Gasteiger partial charge in [0.25, 0.3) is 5.69 Å². The van der Waals surface area contributed by atoms with Crippen molar-refractivity contribution < 1.29 is 13.3 Å². The number of hydrogen-bond donors (Lipinski definition) is 2. The fourth-order valence-corrected chi connectivity index (χ4v) is 3.94. The van der Waals surface area contributed by atoms with E-state index in [1.54, 1.807) is 11.8 Å². The largest absolute Gasteiger partial charge is 0.295 e. The maximum atomic E-state index is 11.4. The van der Waals surface area contributed by atoms with Crippen LogP contribution >= 0.6 is 11.8 Å². The second-order valence-corrected chi connectivity index (χ2v) is 7.85. The molecule has 0 saturated carbocycles. The van der Waals surface area contributed by atoms with Crippen molar-refractivity contribution in [3.63, 3.8) is 0 Å². The van der Waals surface area contributed by atoms with Gasteiger partial charge in [0.1, 0.15) is 5.69 Å². The molecular formula is C15H14N4O4S2. The highest BCUT2D eigenvalue weighted by Crippen LogP contribution is 2.28. The minimum Gasteiger partial charge on any atom is -0.271 e. The lowest BCUT2D eigenvalue weighted by atomic mass is 10.0. The molecule has 10 heteroatoms. The van der Waals surface area contributed by atoms with E-state index in [2.05, 4.69) is 10.5 Å². The van der Waals surface area contributed by atoms with Crippen LogP contribution in [0.3, 0.4) is 0 Å². The summed E-state index contributed by atoms with van der Waals surface area (Å²) in [4.78, 5) is 10.2. The van der Waals surface area contributed by atoms with Gasteiger partial charge in [-0.05, 0) is 17.7 Å². The molecule has 25 heavy (non-hydrogen) atoms. The standard InChI is InChI=1S/C15H14N4O4S2/c16-25(22,23)11-5-6-13(15(7-11)19(20)21)17-18-14-9-24-8-10-3-1-2-4-12(10)14/h1-7,17H,8-9H2,(H2,16,22,23)/b18-14-. The zero-order chi connectivity index (χ0) is 18.0. The smallest absolute Gasteiger partial charge is 0.271 e. The molecule has 0 aromatic heterocycles. The van der Waals surface area contributed by atoms with Crippen molar-refractivity contribution in [2.45, 2.75) is 10.6 Å². The monoisotopic (exact) mass is 378 g/mol. The molecule has 0 unspecified atom stereocenters. The number of fused-ring (bicyclic) bond motifs is 1. The summed E-state index contributed by atoms with van der Waals surface area (Å²) in [5.41, 5.74) is 5.29. The number of nitro groups is 1. The Morgan fingerprint density at radius 1 is 1.20 bits per heavy atom. The van der Waals surface area contributed by atoms with Gasteiger partial charge in [-0.2, -0.15) is 16.9 Å². The second-order valence-electron chi connectivity index (χ2n) is 5.30. The quantitative estimate of drug-likeness (QED) is 0.621. The lowest BCUT2D eigenvalue weighted by Crippen LogP contribution is -2.15. The molecule has 0 radical (unpaired) electrons. The number of nitrogens with one attached hydrogen (secondary N) is 1. The Hall–Kier alpha value is -2.43. The minimum absolute atomic E-state index is 0.0953. The third-order valence-electron chi connectivity index (χ3n) is 3.63. The van der Waals surface area contributed by atoms with Crippen molar-refractivity contribution in [2.75, 3.05) is 11.2 Å². The molecule has 1 heterocycles. The fraction of sp³-hybridized carbons (Fsp3) is 0.133. The molecule has 2 aromatic rings. The third-order valence-corrected chi connectivity index (χ3v) is 5.53. The first kappa shape index (κ1) is 17.4. The summed E-state index contributed by atoms with van der Waals surface area (Å²) < 4.78 is 22.7. The number of benzene rings is 2. The van der Waals surface area contributed by atoms with Crippen LogP contribution in [0, 0.1) is 10.1 Å². The zero-order valence-corrected chi connectivity index (χ0v) is 14.5. The van der Waals surface area contributed by atoms with Gasteiger partial charge >= 0.3 is 0 Å². The summed E-state index contributed by atoms with van der Waals surface area (Å²) in [7, 11) is -4.02. The molecule has 0 aliphatic carbocycles.